The van der Waals surface area contributed by atoms with E-state index in [1.165, 1.54) is 17.4 Å². The Hall–Kier alpha value is -3.03. The van der Waals surface area contributed by atoms with Gasteiger partial charge in [0, 0.05) is 16.5 Å². The second-order valence-corrected chi connectivity index (χ2v) is 9.02. The molecular formula is C22H17FN2O2S2. The third-order valence-electron chi connectivity index (χ3n) is 4.39. The summed E-state index contributed by atoms with van der Waals surface area (Å²) < 4.78 is 42.3. The van der Waals surface area contributed by atoms with Crippen molar-refractivity contribution in [1.29, 1.82) is 0 Å². The van der Waals surface area contributed by atoms with Gasteiger partial charge in [0.2, 0.25) is 0 Å². The summed E-state index contributed by atoms with van der Waals surface area (Å²) in [6.07, 6.45) is 0. The van der Waals surface area contributed by atoms with Crippen LogP contribution in [0.25, 0.3) is 21.8 Å². The lowest BCUT2D eigenvalue weighted by Crippen LogP contribution is -2.13. The van der Waals surface area contributed by atoms with Crippen LogP contribution in [0.3, 0.4) is 0 Å². The van der Waals surface area contributed by atoms with Crippen molar-refractivity contribution in [2.45, 2.75) is 11.8 Å². The maximum Gasteiger partial charge on any atom is 0.261 e. The Morgan fingerprint density at radius 1 is 0.897 bits per heavy atom. The summed E-state index contributed by atoms with van der Waals surface area (Å²) in [4.78, 5) is 4.71. The van der Waals surface area contributed by atoms with Gasteiger partial charge in [0.1, 0.15) is 10.8 Å². The first-order valence-corrected chi connectivity index (χ1v) is 11.2. The zero-order chi connectivity index (χ0) is 20.4. The number of nitrogens with zero attached hydrogens (tertiary/aromatic N) is 1. The van der Waals surface area contributed by atoms with Gasteiger partial charge in [-0.25, -0.2) is 17.8 Å². The molecule has 0 unspecified atom stereocenters. The Labute approximate surface area is 172 Å². The van der Waals surface area contributed by atoms with Crippen molar-refractivity contribution in [1.82, 2.24) is 4.98 Å². The van der Waals surface area contributed by atoms with E-state index in [4.69, 9.17) is 0 Å². The Morgan fingerprint density at radius 3 is 2.28 bits per heavy atom. The van der Waals surface area contributed by atoms with Crippen LogP contribution in [0, 0.1) is 12.7 Å². The second-order valence-electron chi connectivity index (χ2n) is 6.48. The first-order chi connectivity index (χ1) is 13.9. The summed E-state index contributed by atoms with van der Waals surface area (Å²) in [5.41, 5.74) is 3.02. The van der Waals surface area contributed by atoms with Crippen LogP contribution in [-0.4, -0.2) is 13.4 Å². The lowest BCUT2D eigenvalue weighted by Gasteiger charge is -2.11. The number of hydrogen-bond donors (Lipinski definition) is 1. The Balaban J connectivity index is 1.69. The van der Waals surface area contributed by atoms with E-state index >= 15 is 0 Å². The van der Waals surface area contributed by atoms with Gasteiger partial charge in [-0.3, -0.25) is 4.72 Å². The van der Waals surface area contributed by atoms with Crippen molar-refractivity contribution in [3.05, 3.63) is 89.6 Å². The van der Waals surface area contributed by atoms with Crippen LogP contribution in [0.15, 0.2) is 83.1 Å². The molecule has 4 nitrogen and oxygen atoms in total. The molecule has 4 rings (SSSR count). The number of sulfonamides is 1. The highest BCUT2D eigenvalue weighted by molar-refractivity contribution is 7.92. The largest absolute Gasteiger partial charge is 0.279 e. The first kappa shape index (κ1) is 19.3. The normalized spacial score (nSPS) is 11.4. The number of para-hydroxylation sites is 1. The molecule has 4 aromatic rings. The maximum absolute atomic E-state index is 14.1. The summed E-state index contributed by atoms with van der Waals surface area (Å²) in [5.74, 6) is -0.346. The van der Waals surface area contributed by atoms with Crippen LogP contribution < -0.4 is 4.72 Å². The van der Waals surface area contributed by atoms with Crippen LogP contribution in [0.4, 0.5) is 10.1 Å². The third-order valence-corrected chi connectivity index (χ3v) is 6.64. The van der Waals surface area contributed by atoms with Crippen LogP contribution in [0.2, 0.25) is 0 Å². The van der Waals surface area contributed by atoms with E-state index in [-0.39, 0.29) is 10.7 Å². The number of aryl methyl sites for hydroxylation is 1. The Bertz CT molecular complexity index is 1270. The fraction of sp³-hybridized carbons (Fsp3) is 0.0455. The van der Waals surface area contributed by atoms with Gasteiger partial charge in [-0.1, -0.05) is 48.0 Å². The van der Waals surface area contributed by atoms with Crippen molar-refractivity contribution in [3.63, 3.8) is 0 Å². The molecule has 1 aromatic heterocycles. The molecule has 0 spiro atoms. The predicted octanol–water partition coefficient (Wildman–Crippen LogP) is 5.73. The molecule has 146 valence electrons. The number of anilines is 1. The highest BCUT2D eigenvalue weighted by Crippen LogP contribution is 2.34. The number of benzene rings is 3. The van der Waals surface area contributed by atoms with Gasteiger partial charge in [0.25, 0.3) is 10.0 Å². The molecule has 0 radical (unpaired) electrons. The predicted molar refractivity (Wildman–Crippen MR) is 115 cm³/mol. The molecule has 0 saturated heterocycles. The molecule has 0 aliphatic carbocycles. The summed E-state index contributed by atoms with van der Waals surface area (Å²) in [6.45, 7) is 1.90. The zero-order valence-corrected chi connectivity index (χ0v) is 17.1. The molecule has 0 amide bonds. The van der Waals surface area contributed by atoms with E-state index in [2.05, 4.69) is 9.71 Å². The highest BCUT2D eigenvalue weighted by atomic mass is 32.2. The molecule has 0 atom stereocenters. The summed E-state index contributed by atoms with van der Waals surface area (Å²) in [5, 5.41) is 2.33. The molecule has 29 heavy (non-hydrogen) atoms. The molecule has 0 saturated carbocycles. The number of halogens is 1. The number of nitrogens with one attached hydrogen (secondary N) is 1. The van der Waals surface area contributed by atoms with Crippen molar-refractivity contribution >= 4 is 27.0 Å². The quantitative estimate of drug-likeness (QED) is 0.445. The van der Waals surface area contributed by atoms with Crippen molar-refractivity contribution in [2.24, 2.45) is 0 Å². The molecule has 0 aliphatic heterocycles. The van der Waals surface area contributed by atoms with Gasteiger partial charge in [-0.15, -0.1) is 11.3 Å². The SMILES string of the molecule is Cc1ccc(S(=O)(=O)Nc2ccccc2-c2csc(-c3ccccc3F)n2)cc1. The average Bonchev–Trinajstić information content (AvgIpc) is 3.18. The van der Waals surface area contributed by atoms with Crippen LogP contribution in [0.5, 0.6) is 0 Å². The minimum absolute atomic E-state index is 0.184. The minimum atomic E-state index is -3.75. The molecular weight excluding hydrogens is 407 g/mol. The standard InChI is InChI=1S/C22H17FN2O2S2/c1-15-10-12-16(13-11-15)29(26,27)25-20-9-5-3-7-18(20)21-14-28-22(24-21)17-6-2-4-8-19(17)23/h2-14,25H,1H3. The fourth-order valence-corrected chi connectivity index (χ4v) is 4.80. The van der Waals surface area contributed by atoms with E-state index in [1.807, 2.05) is 6.92 Å². The third kappa shape index (κ3) is 4.06. The van der Waals surface area contributed by atoms with Crippen molar-refractivity contribution < 1.29 is 12.8 Å². The molecule has 1 N–H and O–H groups in total. The molecule has 7 heteroatoms. The van der Waals surface area contributed by atoms with Crippen molar-refractivity contribution in [2.75, 3.05) is 4.72 Å². The summed E-state index contributed by atoms with van der Waals surface area (Å²) in [7, 11) is -3.75. The van der Waals surface area contributed by atoms with E-state index < -0.39 is 10.0 Å². The van der Waals surface area contributed by atoms with Gasteiger partial charge in [-0.05, 0) is 37.3 Å². The number of hydrogen-bond acceptors (Lipinski definition) is 4. The zero-order valence-electron chi connectivity index (χ0n) is 15.5. The lowest BCUT2D eigenvalue weighted by atomic mass is 10.1. The van der Waals surface area contributed by atoms with E-state index in [0.29, 0.717) is 27.5 Å². The highest BCUT2D eigenvalue weighted by Gasteiger charge is 2.18. The number of thiazole rings is 1. The maximum atomic E-state index is 14.1. The molecule has 0 fully saturated rings. The van der Waals surface area contributed by atoms with Crippen LogP contribution in [-0.2, 0) is 10.0 Å². The minimum Gasteiger partial charge on any atom is -0.279 e. The molecule has 3 aromatic carbocycles. The summed E-state index contributed by atoms with van der Waals surface area (Å²) in [6, 6.07) is 20.1. The first-order valence-electron chi connectivity index (χ1n) is 8.83. The van der Waals surface area contributed by atoms with E-state index in [9.17, 15) is 12.8 Å². The smallest absolute Gasteiger partial charge is 0.261 e. The Kier molecular flexibility index (Phi) is 5.17. The van der Waals surface area contributed by atoms with Gasteiger partial charge in [-0.2, -0.15) is 0 Å². The number of rotatable bonds is 5. The molecule has 0 aliphatic rings. The van der Waals surface area contributed by atoms with Crippen LogP contribution >= 0.6 is 11.3 Å². The second kappa shape index (κ2) is 7.77. The topological polar surface area (TPSA) is 59.1 Å². The van der Waals surface area contributed by atoms with E-state index in [1.54, 1.807) is 72.1 Å². The van der Waals surface area contributed by atoms with Gasteiger partial charge in [0.15, 0.2) is 0 Å². The monoisotopic (exact) mass is 424 g/mol. The van der Waals surface area contributed by atoms with Gasteiger partial charge < -0.3 is 0 Å². The van der Waals surface area contributed by atoms with Crippen molar-refractivity contribution in [3.8, 4) is 21.8 Å². The lowest BCUT2D eigenvalue weighted by molar-refractivity contribution is 0.601. The summed E-state index contributed by atoms with van der Waals surface area (Å²) >= 11 is 1.31. The molecule has 0 bridgehead atoms. The Morgan fingerprint density at radius 2 is 1.55 bits per heavy atom. The molecule has 1 heterocycles. The average molecular weight is 425 g/mol. The van der Waals surface area contributed by atoms with Gasteiger partial charge >= 0.3 is 0 Å². The van der Waals surface area contributed by atoms with E-state index in [0.717, 1.165) is 5.56 Å². The fourth-order valence-electron chi connectivity index (χ4n) is 2.87. The van der Waals surface area contributed by atoms with Gasteiger partial charge in [0.05, 0.1) is 16.3 Å². The van der Waals surface area contributed by atoms with Crippen LogP contribution in [0.1, 0.15) is 5.56 Å². The number of aromatic nitrogens is 1.